The van der Waals surface area contributed by atoms with Gasteiger partial charge in [0, 0.05) is 12.3 Å². The number of anilines is 1. The summed E-state index contributed by atoms with van der Waals surface area (Å²) in [6.45, 7) is 1.83. The van der Waals surface area contributed by atoms with Crippen molar-refractivity contribution in [3.8, 4) is 5.82 Å². The summed E-state index contributed by atoms with van der Waals surface area (Å²) < 4.78 is 67.8. The second-order valence-corrected chi connectivity index (χ2v) is 5.08. The zero-order valence-electron chi connectivity index (χ0n) is 13.0. The molecule has 0 spiro atoms. The fourth-order valence-electron chi connectivity index (χ4n) is 1.97. The van der Waals surface area contributed by atoms with Gasteiger partial charge in [-0.05, 0) is 12.5 Å². The Balaban J connectivity index is 1.84. The Bertz CT molecular complexity index is 971. The minimum absolute atomic E-state index is 0.114. The van der Waals surface area contributed by atoms with Crippen molar-refractivity contribution in [3.05, 3.63) is 65.0 Å². The minimum atomic E-state index is -2.24. The van der Waals surface area contributed by atoms with Crippen molar-refractivity contribution >= 4 is 12.0 Å². The molecule has 0 atom stereocenters. The minimum Gasteiger partial charge on any atom is -0.261 e. The van der Waals surface area contributed by atoms with Crippen LogP contribution in [0, 0.1) is 36.0 Å². The lowest BCUT2D eigenvalue weighted by molar-refractivity contribution is 0.377. The molecule has 0 saturated heterocycles. The van der Waals surface area contributed by atoms with Crippen LogP contribution < -0.4 is 5.43 Å². The zero-order chi connectivity index (χ0) is 18.8. The maximum Gasteiger partial charge on any atom is 0.200 e. The first-order valence-corrected chi connectivity index (χ1v) is 7.02. The van der Waals surface area contributed by atoms with E-state index in [0.29, 0.717) is 12.0 Å². The summed E-state index contributed by atoms with van der Waals surface area (Å²) in [6, 6.07) is 1.42. The third-order valence-electron chi connectivity index (χ3n) is 3.22. The lowest BCUT2D eigenvalue weighted by Crippen LogP contribution is -2.07. The maximum absolute atomic E-state index is 13.5. The molecule has 3 aromatic rings. The van der Waals surface area contributed by atoms with E-state index in [9.17, 15) is 22.0 Å². The van der Waals surface area contributed by atoms with E-state index in [-0.39, 0.29) is 5.82 Å². The number of rotatable bonds is 4. The van der Waals surface area contributed by atoms with Gasteiger partial charge in [0.15, 0.2) is 34.9 Å². The Kier molecular flexibility index (Phi) is 4.61. The smallest absolute Gasteiger partial charge is 0.200 e. The summed E-state index contributed by atoms with van der Waals surface area (Å²) >= 11 is 0. The molecule has 26 heavy (non-hydrogen) atoms. The molecule has 0 saturated carbocycles. The predicted molar refractivity (Wildman–Crippen MR) is 81.3 cm³/mol. The molecule has 0 aliphatic heterocycles. The monoisotopic (exact) mass is 368 g/mol. The van der Waals surface area contributed by atoms with Crippen molar-refractivity contribution in [1.82, 2.24) is 19.7 Å². The number of nitrogens with zero attached hydrogens (tertiary/aromatic N) is 5. The molecule has 0 radical (unpaired) electrons. The van der Waals surface area contributed by atoms with E-state index in [1.807, 2.05) is 6.92 Å². The molecule has 2 aromatic heterocycles. The molecule has 1 N–H and O–H groups in total. The van der Waals surface area contributed by atoms with Crippen LogP contribution >= 0.6 is 0 Å². The summed E-state index contributed by atoms with van der Waals surface area (Å²) in [5, 5.41) is 7.50. The Labute approximate surface area is 143 Å². The third kappa shape index (κ3) is 3.23. The molecule has 3 rings (SSSR count). The van der Waals surface area contributed by atoms with Crippen LogP contribution in [0.4, 0.5) is 27.8 Å². The van der Waals surface area contributed by atoms with E-state index >= 15 is 0 Å². The van der Waals surface area contributed by atoms with Gasteiger partial charge in [0.2, 0.25) is 5.82 Å². The number of benzene rings is 1. The quantitative estimate of drug-likeness (QED) is 0.253. The number of aromatic nitrogens is 4. The molecule has 1 aromatic carbocycles. The molecule has 0 amide bonds. The van der Waals surface area contributed by atoms with E-state index in [0.717, 1.165) is 5.56 Å². The fraction of sp³-hybridized carbons (Fsp3) is 0.0667. The average Bonchev–Trinajstić information content (AvgIpc) is 3.08. The van der Waals surface area contributed by atoms with Crippen LogP contribution in [0.1, 0.15) is 11.1 Å². The first-order valence-electron chi connectivity index (χ1n) is 7.02. The topological polar surface area (TPSA) is 68.0 Å². The lowest BCUT2D eigenvalue weighted by Gasteiger charge is -2.05. The summed E-state index contributed by atoms with van der Waals surface area (Å²) in [7, 11) is 0. The fourth-order valence-corrected chi connectivity index (χ4v) is 1.97. The van der Waals surface area contributed by atoms with Crippen LogP contribution in [-0.2, 0) is 0 Å². The summed E-state index contributed by atoms with van der Waals surface area (Å²) in [5.74, 6) is -9.82. The Hall–Kier alpha value is -3.37. The highest BCUT2D eigenvalue weighted by molar-refractivity contribution is 5.81. The molecular weight excluding hydrogens is 359 g/mol. The molecule has 0 aliphatic carbocycles. The second kappa shape index (κ2) is 6.86. The van der Waals surface area contributed by atoms with Crippen LogP contribution in [0.25, 0.3) is 5.82 Å². The van der Waals surface area contributed by atoms with Gasteiger partial charge in [0.1, 0.15) is 6.33 Å². The van der Waals surface area contributed by atoms with Gasteiger partial charge in [0.25, 0.3) is 0 Å². The van der Waals surface area contributed by atoms with Crippen LogP contribution in [0.2, 0.25) is 0 Å². The largest absolute Gasteiger partial charge is 0.261 e. The van der Waals surface area contributed by atoms with Gasteiger partial charge in [-0.1, -0.05) is 0 Å². The summed E-state index contributed by atoms with van der Waals surface area (Å²) in [5.41, 5.74) is 2.04. The Morgan fingerprint density at radius 2 is 1.65 bits per heavy atom. The molecule has 0 fully saturated rings. The van der Waals surface area contributed by atoms with Crippen LogP contribution in [0.15, 0.2) is 29.9 Å². The van der Waals surface area contributed by atoms with E-state index in [2.05, 4.69) is 25.6 Å². The maximum atomic E-state index is 13.5. The highest BCUT2D eigenvalue weighted by Gasteiger charge is 2.24. The number of nitrogens with one attached hydrogen (secondary N) is 1. The van der Waals surface area contributed by atoms with Crippen LogP contribution in [0.3, 0.4) is 0 Å². The summed E-state index contributed by atoms with van der Waals surface area (Å²) in [4.78, 5) is 7.81. The summed E-state index contributed by atoms with van der Waals surface area (Å²) in [6.07, 6.45) is 4.96. The van der Waals surface area contributed by atoms with Crippen molar-refractivity contribution in [2.45, 2.75) is 6.92 Å². The van der Waals surface area contributed by atoms with Gasteiger partial charge >= 0.3 is 0 Å². The highest BCUT2D eigenvalue weighted by atomic mass is 19.2. The standard InChI is InChI=1S/C15H9F5N6/c1-7-3-24-26(5-7)10-2-9(21-6-22-10)25-23-4-8-11(16)13(18)15(20)14(19)12(8)17/h2-6H,1H3,(H,21,22,25)/b23-4-. The predicted octanol–water partition coefficient (Wildman–Crippen LogP) is 3.11. The van der Waals surface area contributed by atoms with Crippen molar-refractivity contribution < 1.29 is 22.0 Å². The molecule has 11 heteroatoms. The molecule has 0 aliphatic rings. The lowest BCUT2D eigenvalue weighted by atomic mass is 10.2. The van der Waals surface area contributed by atoms with Gasteiger partial charge in [-0.3, -0.25) is 5.43 Å². The third-order valence-corrected chi connectivity index (χ3v) is 3.22. The molecule has 0 bridgehead atoms. The van der Waals surface area contributed by atoms with E-state index < -0.39 is 34.6 Å². The Morgan fingerprint density at radius 3 is 2.27 bits per heavy atom. The van der Waals surface area contributed by atoms with Gasteiger partial charge < -0.3 is 0 Å². The number of hydrogen-bond donors (Lipinski definition) is 1. The first kappa shape index (κ1) is 17.5. The van der Waals surface area contributed by atoms with E-state index in [1.54, 1.807) is 12.4 Å². The van der Waals surface area contributed by atoms with Gasteiger partial charge in [-0.2, -0.15) is 10.2 Å². The van der Waals surface area contributed by atoms with Gasteiger partial charge in [0.05, 0.1) is 18.0 Å². The number of halogens is 5. The van der Waals surface area contributed by atoms with Crippen molar-refractivity contribution in [3.63, 3.8) is 0 Å². The van der Waals surface area contributed by atoms with E-state index in [1.165, 1.54) is 17.1 Å². The molecule has 134 valence electrons. The normalized spacial score (nSPS) is 11.3. The number of aryl methyl sites for hydroxylation is 1. The average molecular weight is 368 g/mol. The van der Waals surface area contributed by atoms with Gasteiger partial charge in [-0.15, -0.1) is 0 Å². The van der Waals surface area contributed by atoms with Crippen LogP contribution in [0.5, 0.6) is 0 Å². The van der Waals surface area contributed by atoms with Crippen molar-refractivity contribution in [1.29, 1.82) is 0 Å². The number of hydrogen-bond acceptors (Lipinski definition) is 5. The first-order chi connectivity index (χ1) is 12.4. The van der Waals surface area contributed by atoms with Gasteiger partial charge in [-0.25, -0.2) is 36.6 Å². The molecular formula is C15H9F5N6. The molecule has 6 nitrogen and oxygen atoms in total. The number of hydrazone groups is 1. The van der Waals surface area contributed by atoms with Crippen molar-refractivity contribution in [2.75, 3.05) is 5.43 Å². The second-order valence-electron chi connectivity index (χ2n) is 5.08. The Morgan fingerprint density at radius 1 is 1.00 bits per heavy atom. The van der Waals surface area contributed by atoms with E-state index in [4.69, 9.17) is 0 Å². The molecule has 0 unspecified atom stereocenters. The van der Waals surface area contributed by atoms with Crippen LogP contribution in [-0.4, -0.2) is 26.0 Å². The SMILES string of the molecule is Cc1cnn(-c2cc(N/N=C\c3c(F)c(F)c(F)c(F)c3F)ncn2)c1. The molecule has 2 heterocycles. The zero-order valence-corrected chi connectivity index (χ0v) is 13.0. The highest BCUT2D eigenvalue weighted by Crippen LogP contribution is 2.21. The van der Waals surface area contributed by atoms with Crippen molar-refractivity contribution in [2.24, 2.45) is 5.10 Å².